The van der Waals surface area contributed by atoms with Crippen molar-refractivity contribution in [2.45, 2.75) is 40.0 Å². The molecule has 1 fully saturated rings. The summed E-state index contributed by atoms with van der Waals surface area (Å²) in [6.45, 7) is 6.16. The van der Waals surface area contributed by atoms with Crippen LogP contribution >= 0.6 is 0 Å². The van der Waals surface area contributed by atoms with E-state index < -0.39 is 0 Å². The molecule has 1 radical (unpaired) electrons. The molecule has 1 aromatic rings. The summed E-state index contributed by atoms with van der Waals surface area (Å²) in [5.41, 5.74) is 1.41. The third-order valence-electron chi connectivity index (χ3n) is 1.54. The van der Waals surface area contributed by atoms with Gasteiger partial charge in [0.25, 0.3) is 0 Å². The molecule has 0 saturated heterocycles. The summed E-state index contributed by atoms with van der Waals surface area (Å²) >= 11 is 0. The van der Waals surface area contributed by atoms with Crippen molar-refractivity contribution in [2.24, 2.45) is 0 Å². The number of hydrogen-bond acceptors (Lipinski definition) is 0. The summed E-state index contributed by atoms with van der Waals surface area (Å²) in [6, 6.07) is 10.5. The Morgan fingerprint density at radius 2 is 1.50 bits per heavy atom. The largest absolute Gasteiger partial charge is 0.333 e. The molecule has 0 spiro atoms. The third-order valence-corrected chi connectivity index (χ3v) is 1.54. The first kappa shape index (κ1) is 16.7. The molecule has 0 unspecified atom stereocenters. The van der Waals surface area contributed by atoms with Crippen LogP contribution in [-0.2, 0) is 39.1 Å². The van der Waals surface area contributed by atoms with Gasteiger partial charge < -0.3 is 6.42 Å². The van der Waals surface area contributed by atoms with Gasteiger partial charge in [0, 0.05) is 32.7 Å². The number of aryl methyl sites for hydroxylation is 1. The van der Waals surface area contributed by atoms with Crippen molar-refractivity contribution in [3.8, 4) is 0 Å². The van der Waals surface area contributed by atoms with E-state index in [1.165, 1.54) is 18.4 Å². The maximum Gasteiger partial charge on any atom is 0 e. The predicted octanol–water partition coefficient (Wildman–Crippen LogP) is 4.26. The first-order chi connectivity index (χ1) is 6.43. The van der Waals surface area contributed by atoms with E-state index in [1.807, 2.05) is 19.9 Å². The molecule has 0 aliphatic heterocycles. The second-order valence-corrected chi connectivity index (χ2v) is 2.71. The van der Waals surface area contributed by atoms with E-state index in [9.17, 15) is 0 Å². The second-order valence-electron chi connectivity index (χ2n) is 2.71. The van der Waals surface area contributed by atoms with Crippen LogP contribution in [0.1, 0.15) is 39.2 Å². The summed E-state index contributed by atoms with van der Waals surface area (Å²) in [4.78, 5) is 0. The van der Waals surface area contributed by atoms with Crippen LogP contribution in [-0.4, -0.2) is 0 Å². The van der Waals surface area contributed by atoms with Crippen molar-refractivity contribution in [2.75, 3.05) is 0 Å². The smallest absolute Gasteiger partial charge is 0 e. The van der Waals surface area contributed by atoms with Crippen LogP contribution in [0.2, 0.25) is 0 Å². The Labute approximate surface area is 114 Å². The van der Waals surface area contributed by atoms with Crippen molar-refractivity contribution >= 4 is 0 Å². The maximum absolute atomic E-state index is 2.25. The monoisotopic (exact) mass is 266 g/mol. The topological polar surface area (TPSA) is 0 Å². The summed E-state index contributed by atoms with van der Waals surface area (Å²) in [5, 5.41) is 0. The minimum atomic E-state index is 0. The Morgan fingerprint density at radius 1 is 1.07 bits per heavy atom. The molecule has 0 nitrogen and oxygen atoms in total. The van der Waals surface area contributed by atoms with Gasteiger partial charge in [-0.15, -0.1) is 0 Å². The zero-order valence-electron chi connectivity index (χ0n) is 9.66. The fourth-order valence-corrected chi connectivity index (χ4v) is 0.714. The zero-order valence-corrected chi connectivity index (χ0v) is 12.5. The first-order valence-corrected chi connectivity index (χ1v) is 5.29. The maximum atomic E-state index is 2.25. The van der Waals surface area contributed by atoms with E-state index >= 15 is 0 Å². The van der Waals surface area contributed by atoms with Gasteiger partial charge in [0.1, 0.15) is 0 Å². The van der Waals surface area contributed by atoms with E-state index in [-0.39, 0.29) is 32.7 Å². The van der Waals surface area contributed by atoms with Gasteiger partial charge in [-0.2, -0.15) is 0 Å². The Morgan fingerprint density at radius 3 is 1.71 bits per heavy atom. The molecule has 2 rings (SSSR count). The van der Waals surface area contributed by atoms with E-state index in [4.69, 9.17) is 0 Å². The van der Waals surface area contributed by atoms with Crippen molar-refractivity contribution in [1.82, 2.24) is 0 Å². The van der Waals surface area contributed by atoms with Crippen LogP contribution in [0.5, 0.6) is 0 Å². The molecule has 0 aromatic heterocycles. The molecule has 14 heavy (non-hydrogen) atoms. The van der Waals surface area contributed by atoms with E-state index in [0.717, 1.165) is 6.42 Å². The minimum Gasteiger partial charge on any atom is -0.333 e. The summed E-state index contributed by atoms with van der Waals surface area (Å²) in [7, 11) is 0. The summed E-state index contributed by atoms with van der Waals surface area (Å²) in [6.07, 6.45) is 6.14. The van der Waals surface area contributed by atoms with Gasteiger partial charge in [-0.05, 0) is 12.0 Å². The molecule has 0 atom stereocenters. The number of benzene rings is 1. The average molecular weight is 266 g/mol. The van der Waals surface area contributed by atoms with E-state index in [1.54, 1.807) is 0 Å². The van der Waals surface area contributed by atoms with Crippen molar-refractivity contribution in [3.63, 3.8) is 0 Å². The van der Waals surface area contributed by atoms with Gasteiger partial charge in [-0.1, -0.05) is 51.1 Å². The van der Waals surface area contributed by atoms with Crippen molar-refractivity contribution < 1.29 is 32.7 Å². The fourth-order valence-electron chi connectivity index (χ4n) is 0.714. The van der Waals surface area contributed by atoms with E-state index in [0.29, 0.717) is 0 Å². The molecule has 1 aromatic carbocycles. The van der Waals surface area contributed by atoms with Gasteiger partial charge in [0.15, 0.2) is 0 Å². The van der Waals surface area contributed by atoms with Crippen LogP contribution in [0.4, 0.5) is 0 Å². The first-order valence-electron chi connectivity index (χ1n) is 5.29. The molecule has 0 amide bonds. The SMILES string of the molecule is CC.CCc1ccccc1.[CH-]1CC1.[Y]. The third kappa shape index (κ3) is 12.3. The average Bonchev–Trinajstić information content (AvgIpc) is 3.09. The Hall–Kier alpha value is 0.324. The minimum absolute atomic E-state index is 0. The second kappa shape index (κ2) is 13.3. The molecule has 0 N–H and O–H groups in total. The van der Waals surface area contributed by atoms with Gasteiger partial charge in [-0.25, -0.2) is 12.8 Å². The molecular formula is C13H21Y-. The Kier molecular flexibility index (Phi) is 15.9. The summed E-state index contributed by atoms with van der Waals surface area (Å²) < 4.78 is 0. The molecule has 1 aliphatic rings. The molecule has 1 aliphatic carbocycles. The standard InChI is InChI=1S/C8H10.C3H5.C2H6.Y/c1-2-8-6-4-3-5-7-8;1-2-3-1;1-2;/h3-7H,2H2,1H3;1H,2-3H2;1-2H3;/q;-1;;. The molecule has 77 valence electrons. The van der Waals surface area contributed by atoms with Crippen molar-refractivity contribution in [3.05, 3.63) is 42.3 Å². The molecular weight excluding hydrogens is 245 g/mol. The number of hydrogen-bond donors (Lipinski definition) is 0. The molecule has 0 heterocycles. The predicted molar refractivity (Wildman–Crippen MR) is 60.7 cm³/mol. The van der Waals surface area contributed by atoms with Gasteiger partial charge in [0.2, 0.25) is 0 Å². The Bertz CT molecular complexity index is 177. The Balaban J connectivity index is 0. The van der Waals surface area contributed by atoms with Crippen LogP contribution in [0, 0.1) is 6.42 Å². The fraction of sp³-hybridized carbons (Fsp3) is 0.462. The quantitative estimate of drug-likeness (QED) is 0.666. The van der Waals surface area contributed by atoms with Gasteiger partial charge in [0.05, 0.1) is 0 Å². The zero-order chi connectivity index (χ0) is 9.94. The van der Waals surface area contributed by atoms with Crippen molar-refractivity contribution in [1.29, 1.82) is 0 Å². The van der Waals surface area contributed by atoms with Crippen LogP contribution in [0.25, 0.3) is 0 Å². The molecule has 1 heteroatoms. The molecule has 1 saturated carbocycles. The summed E-state index contributed by atoms with van der Waals surface area (Å²) in [5.74, 6) is 0. The van der Waals surface area contributed by atoms with Gasteiger partial charge in [-0.3, -0.25) is 0 Å². The van der Waals surface area contributed by atoms with Gasteiger partial charge >= 0.3 is 0 Å². The van der Waals surface area contributed by atoms with Crippen LogP contribution in [0.15, 0.2) is 30.3 Å². The van der Waals surface area contributed by atoms with Crippen LogP contribution in [0.3, 0.4) is 0 Å². The van der Waals surface area contributed by atoms with Crippen LogP contribution < -0.4 is 0 Å². The number of rotatable bonds is 1. The molecule has 0 bridgehead atoms. The normalized spacial score (nSPS) is 10.8. The van der Waals surface area contributed by atoms with E-state index in [2.05, 4.69) is 37.6 Å².